The van der Waals surface area contributed by atoms with Crippen molar-refractivity contribution in [1.29, 1.82) is 0 Å². The van der Waals surface area contributed by atoms with E-state index in [-0.39, 0.29) is 23.4 Å². The Morgan fingerprint density at radius 3 is 2.42 bits per heavy atom. The summed E-state index contributed by atoms with van der Waals surface area (Å²) in [6, 6.07) is 19.0. The van der Waals surface area contributed by atoms with E-state index in [4.69, 9.17) is 32.9 Å². The number of likely N-dealkylation sites (tertiary alicyclic amines) is 1. The number of carbonyl (C=O) groups excluding carboxylic acids is 1. The molecule has 3 aromatic heterocycles. The number of nitrogens with one attached hydrogen (secondary N) is 2. The molecular formula is C37H34Cl2N6O5. The Hall–Kier alpha value is -4.81. The predicted molar refractivity (Wildman–Crippen MR) is 191 cm³/mol. The Bertz CT molecular complexity index is 2180. The summed E-state index contributed by atoms with van der Waals surface area (Å²) < 4.78 is 7.13. The number of hydrogen-bond donors (Lipinski definition) is 3. The van der Waals surface area contributed by atoms with Gasteiger partial charge in [0.1, 0.15) is 5.65 Å². The van der Waals surface area contributed by atoms with Crippen LogP contribution < -0.4 is 20.9 Å². The molecule has 2 aromatic carbocycles. The lowest BCUT2D eigenvalue weighted by atomic mass is 9.97. The van der Waals surface area contributed by atoms with Gasteiger partial charge in [-0.1, -0.05) is 65.7 Å². The van der Waals surface area contributed by atoms with Gasteiger partial charge in [0.15, 0.2) is 0 Å². The molecule has 5 heterocycles. The molecule has 13 heteroatoms. The van der Waals surface area contributed by atoms with Gasteiger partial charge in [-0.2, -0.15) is 0 Å². The van der Waals surface area contributed by atoms with Crippen LogP contribution in [-0.4, -0.2) is 69.0 Å². The van der Waals surface area contributed by atoms with Crippen molar-refractivity contribution in [2.45, 2.75) is 32.0 Å². The number of methoxy groups -OCH3 is 1. The quantitative estimate of drug-likeness (QED) is 0.167. The number of amides is 1. The van der Waals surface area contributed by atoms with Gasteiger partial charge >= 0.3 is 5.97 Å². The number of benzene rings is 2. The molecule has 2 aliphatic heterocycles. The van der Waals surface area contributed by atoms with Crippen LogP contribution in [0, 0.1) is 5.92 Å². The zero-order chi connectivity index (χ0) is 34.9. The number of rotatable bonds is 11. The van der Waals surface area contributed by atoms with Gasteiger partial charge in [0.25, 0.3) is 5.56 Å². The van der Waals surface area contributed by atoms with Crippen molar-refractivity contribution >= 4 is 40.7 Å². The van der Waals surface area contributed by atoms with Crippen LogP contribution in [0.2, 0.25) is 10.0 Å². The van der Waals surface area contributed by atoms with E-state index in [9.17, 15) is 19.5 Å². The Morgan fingerprint density at radius 2 is 1.72 bits per heavy atom. The van der Waals surface area contributed by atoms with Crippen molar-refractivity contribution in [3.8, 4) is 39.4 Å². The number of aromatic nitrogens is 3. The molecule has 3 N–H and O–H groups in total. The number of pyridine rings is 2. The van der Waals surface area contributed by atoms with Crippen LogP contribution in [0.5, 0.6) is 5.88 Å². The van der Waals surface area contributed by atoms with Crippen molar-refractivity contribution < 1.29 is 19.4 Å². The van der Waals surface area contributed by atoms with E-state index in [0.717, 1.165) is 34.2 Å². The number of fused-ring (bicyclic) bond motifs is 1. The van der Waals surface area contributed by atoms with Gasteiger partial charge in [-0.25, -0.2) is 9.97 Å². The number of ether oxygens (including phenoxy) is 1. The first-order chi connectivity index (χ1) is 24.2. The SMILES string of the molecule is COc1nc(-c2cccc(-c3cccc(-c4ccn5c(=O)c(CNC[C@@H]6CCC(=O)N6)cnc5c4)c3Cl)c2Cl)ccc1CN1CC(C(=O)O)C1. The molecule has 50 heavy (non-hydrogen) atoms. The maximum Gasteiger partial charge on any atom is 0.309 e. The standard InChI is InChI=1S/C37H34Cl2N6O5/c1-50-35-22(18-44-19-24(20-44)37(48)49)8-10-30(43-35)29-7-3-6-28(34(29)39)27-5-2-4-26(33(27)38)21-12-13-45-31(14-21)41-16-23(36(45)47)15-40-17-25-9-11-32(46)42-25/h2-8,10,12-14,16,24-25,40H,9,11,15,17-20H2,1H3,(H,42,46)(H,48,49)/t25-/m0/s1. The van der Waals surface area contributed by atoms with Crippen molar-refractivity contribution in [2.24, 2.45) is 5.92 Å². The summed E-state index contributed by atoms with van der Waals surface area (Å²) in [5.41, 5.74) is 6.05. The highest BCUT2D eigenvalue weighted by atomic mass is 35.5. The van der Waals surface area contributed by atoms with Crippen LogP contribution in [-0.2, 0) is 22.7 Å². The Labute approximate surface area is 297 Å². The Kier molecular flexibility index (Phi) is 9.56. The normalized spacial score (nSPS) is 16.4. The summed E-state index contributed by atoms with van der Waals surface area (Å²) in [5, 5.41) is 16.3. The molecule has 2 fully saturated rings. The molecule has 0 bridgehead atoms. The molecule has 0 unspecified atom stereocenters. The van der Waals surface area contributed by atoms with E-state index >= 15 is 0 Å². The van der Waals surface area contributed by atoms with Crippen molar-refractivity contribution in [2.75, 3.05) is 26.7 Å². The lowest BCUT2D eigenvalue weighted by Crippen LogP contribution is -2.49. The highest BCUT2D eigenvalue weighted by Crippen LogP contribution is 2.42. The van der Waals surface area contributed by atoms with E-state index in [0.29, 0.717) is 77.5 Å². The van der Waals surface area contributed by atoms with Crippen LogP contribution in [0.1, 0.15) is 24.0 Å². The second kappa shape index (κ2) is 14.2. The van der Waals surface area contributed by atoms with Crippen LogP contribution in [0.25, 0.3) is 39.2 Å². The Morgan fingerprint density at radius 1 is 1.00 bits per heavy atom. The van der Waals surface area contributed by atoms with Crippen molar-refractivity contribution in [3.63, 3.8) is 0 Å². The van der Waals surface area contributed by atoms with Crippen molar-refractivity contribution in [1.82, 2.24) is 29.9 Å². The number of carboxylic acid groups (broad SMARTS) is 1. The smallest absolute Gasteiger partial charge is 0.309 e. The number of carboxylic acids is 1. The van der Waals surface area contributed by atoms with Crippen LogP contribution in [0.3, 0.4) is 0 Å². The monoisotopic (exact) mass is 712 g/mol. The van der Waals surface area contributed by atoms with E-state index < -0.39 is 5.97 Å². The lowest BCUT2D eigenvalue weighted by molar-refractivity contribution is -0.147. The topological polar surface area (TPSA) is 138 Å². The van der Waals surface area contributed by atoms with Crippen LogP contribution in [0.15, 0.2) is 77.9 Å². The summed E-state index contributed by atoms with van der Waals surface area (Å²) in [5.74, 6) is -0.612. The van der Waals surface area contributed by atoms with Crippen LogP contribution in [0.4, 0.5) is 0 Å². The fourth-order valence-electron chi connectivity index (χ4n) is 6.53. The summed E-state index contributed by atoms with van der Waals surface area (Å²) in [7, 11) is 1.56. The number of hydrogen-bond acceptors (Lipinski definition) is 8. The van der Waals surface area contributed by atoms with E-state index in [1.807, 2.05) is 65.6 Å². The van der Waals surface area contributed by atoms with Gasteiger partial charge in [0.05, 0.1) is 28.8 Å². The van der Waals surface area contributed by atoms with E-state index in [1.165, 1.54) is 4.40 Å². The molecule has 256 valence electrons. The highest BCUT2D eigenvalue weighted by molar-refractivity contribution is 6.39. The van der Waals surface area contributed by atoms with E-state index in [2.05, 4.69) is 15.6 Å². The minimum absolute atomic E-state index is 0.0566. The van der Waals surface area contributed by atoms with Crippen LogP contribution >= 0.6 is 23.2 Å². The molecule has 0 aliphatic carbocycles. The molecule has 1 amide bonds. The molecule has 0 spiro atoms. The first kappa shape index (κ1) is 33.7. The van der Waals surface area contributed by atoms with Crippen molar-refractivity contribution in [3.05, 3.63) is 105 Å². The Balaban J connectivity index is 1.12. The summed E-state index contributed by atoms with van der Waals surface area (Å²) >= 11 is 14.1. The second-order valence-electron chi connectivity index (χ2n) is 12.6. The molecule has 7 rings (SSSR count). The first-order valence-electron chi connectivity index (χ1n) is 16.3. The third kappa shape index (κ3) is 6.69. The largest absolute Gasteiger partial charge is 0.481 e. The van der Waals surface area contributed by atoms with Gasteiger partial charge in [0, 0.05) is 91.0 Å². The zero-order valence-electron chi connectivity index (χ0n) is 27.2. The summed E-state index contributed by atoms with van der Waals surface area (Å²) in [6.07, 6.45) is 4.60. The number of carbonyl (C=O) groups is 2. The maximum atomic E-state index is 13.2. The molecule has 2 saturated heterocycles. The molecule has 5 aromatic rings. The number of halogens is 2. The van der Waals surface area contributed by atoms with Gasteiger partial charge in [0.2, 0.25) is 11.8 Å². The van der Waals surface area contributed by atoms with Gasteiger partial charge in [-0.3, -0.25) is 23.7 Å². The van der Waals surface area contributed by atoms with Gasteiger partial charge in [-0.05, 0) is 30.2 Å². The number of aliphatic carboxylic acids is 1. The maximum absolute atomic E-state index is 13.2. The fraction of sp³-hybridized carbons (Fsp3) is 0.270. The average Bonchev–Trinajstić information content (AvgIpc) is 3.51. The highest BCUT2D eigenvalue weighted by Gasteiger charge is 2.33. The zero-order valence-corrected chi connectivity index (χ0v) is 28.7. The molecular weight excluding hydrogens is 679 g/mol. The number of nitrogens with zero attached hydrogens (tertiary/aromatic N) is 4. The van der Waals surface area contributed by atoms with Gasteiger partial charge in [-0.15, -0.1) is 0 Å². The minimum Gasteiger partial charge on any atom is -0.481 e. The second-order valence-corrected chi connectivity index (χ2v) is 13.4. The van der Waals surface area contributed by atoms with Gasteiger partial charge < -0.3 is 20.5 Å². The minimum atomic E-state index is -0.778. The lowest BCUT2D eigenvalue weighted by Gasteiger charge is -2.36. The molecule has 0 radical (unpaired) electrons. The molecule has 1 atom stereocenters. The molecule has 11 nitrogen and oxygen atoms in total. The third-order valence-electron chi connectivity index (χ3n) is 9.28. The third-order valence-corrected chi connectivity index (χ3v) is 10.1. The molecule has 0 saturated carbocycles. The first-order valence-corrected chi connectivity index (χ1v) is 17.0. The predicted octanol–water partition coefficient (Wildman–Crippen LogP) is 5.29. The van der Waals surface area contributed by atoms with E-state index in [1.54, 1.807) is 19.5 Å². The fourth-order valence-corrected chi connectivity index (χ4v) is 7.19. The summed E-state index contributed by atoms with van der Waals surface area (Å²) in [6.45, 7) is 2.45. The molecule has 2 aliphatic rings. The summed E-state index contributed by atoms with van der Waals surface area (Å²) in [4.78, 5) is 47.3. The average molecular weight is 714 g/mol.